The van der Waals surface area contributed by atoms with Gasteiger partial charge in [-0.2, -0.15) is 0 Å². The number of fused-ring (bicyclic) bond motifs is 1. The van der Waals surface area contributed by atoms with E-state index in [-0.39, 0.29) is 24.3 Å². The molecular weight excluding hydrogens is 344 g/mol. The smallest absolute Gasteiger partial charge is 0.328 e. The molecule has 6 nitrogen and oxygen atoms in total. The van der Waals surface area contributed by atoms with Gasteiger partial charge >= 0.3 is 5.97 Å². The van der Waals surface area contributed by atoms with Crippen molar-refractivity contribution in [1.29, 1.82) is 0 Å². The van der Waals surface area contributed by atoms with Gasteiger partial charge in [0.05, 0.1) is 13.0 Å². The number of esters is 1. The van der Waals surface area contributed by atoms with E-state index < -0.39 is 17.9 Å². The minimum absolute atomic E-state index is 0.117. The molecule has 0 bridgehead atoms. The van der Waals surface area contributed by atoms with Crippen molar-refractivity contribution in [2.24, 2.45) is 11.7 Å². The number of nitrogens with one attached hydrogen (secondary N) is 1. The monoisotopic (exact) mass is 372 g/mol. The minimum atomic E-state index is -0.805. The van der Waals surface area contributed by atoms with Crippen LogP contribution < -0.4 is 11.1 Å². The molecule has 0 saturated heterocycles. The Bertz CT molecular complexity index is 739. The van der Waals surface area contributed by atoms with Gasteiger partial charge in [0.2, 0.25) is 5.91 Å². The number of ether oxygens (including phenoxy) is 1. The van der Waals surface area contributed by atoms with E-state index in [1.807, 2.05) is 18.2 Å². The third kappa shape index (κ3) is 4.83. The molecule has 0 aromatic heterocycles. The molecule has 2 atom stereocenters. The zero-order chi connectivity index (χ0) is 20.0. The average Bonchev–Trinajstić information content (AvgIpc) is 2.91. The van der Waals surface area contributed by atoms with E-state index in [2.05, 4.69) is 31.3 Å². The normalized spacial score (nSPS) is 16.7. The standard InChI is InChI=1S/C21H28N2O4/c1-21(2)12-15(16-8-4-5-9-17(16)21)11-18(20(26)27-3)23-19(25)14(13-22)7-6-10-24/h4-5,8-10,12,14,18H,6-7,11,13,22H2,1-3H3,(H,23,25). The Balaban J connectivity index is 2.20. The fourth-order valence-electron chi connectivity index (χ4n) is 3.56. The molecule has 1 amide bonds. The molecule has 1 aliphatic rings. The third-order valence-electron chi connectivity index (χ3n) is 5.02. The Labute approximate surface area is 160 Å². The summed E-state index contributed by atoms with van der Waals surface area (Å²) in [7, 11) is 1.30. The predicted molar refractivity (Wildman–Crippen MR) is 104 cm³/mol. The molecule has 0 heterocycles. The molecule has 1 aromatic rings. The van der Waals surface area contributed by atoms with Crippen LogP contribution in [0.1, 0.15) is 44.2 Å². The summed E-state index contributed by atoms with van der Waals surface area (Å²) in [6.07, 6.45) is 3.84. The third-order valence-corrected chi connectivity index (χ3v) is 5.02. The summed E-state index contributed by atoms with van der Waals surface area (Å²) < 4.78 is 4.89. The Morgan fingerprint density at radius 3 is 2.63 bits per heavy atom. The summed E-state index contributed by atoms with van der Waals surface area (Å²) >= 11 is 0. The van der Waals surface area contributed by atoms with Crippen LogP contribution in [0.2, 0.25) is 0 Å². The van der Waals surface area contributed by atoms with Gasteiger partial charge in [0, 0.05) is 24.8 Å². The predicted octanol–water partition coefficient (Wildman–Crippen LogP) is 1.96. The maximum atomic E-state index is 12.5. The first-order valence-corrected chi connectivity index (χ1v) is 9.17. The van der Waals surface area contributed by atoms with Crippen LogP contribution in [-0.4, -0.2) is 37.9 Å². The van der Waals surface area contributed by atoms with Crippen LogP contribution in [0.5, 0.6) is 0 Å². The molecule has 6 heteroatoms. The molecule has 3 N–H and O–H groups in total. The zero-order valence-electron chi connectivity index (χ0n) is 16.2. The molecule has 146 valence electrons. The van der Waals surface area contributed by atoms with Crippen LogP contribution in [0.4, 0.5) is 0 Å². The molecular formula is C21H28N2O4. The first-order valence-electron chi connectivity index (χ1n) is 9.17. The van der Waals surface area contributed by atoms with Gasteiger partial charge in [0.25, 0.3) is 0 Å². The lowest BCUT2D eigenvalue weighted by Crippen LogP contribution is -2.45. The van der Waals surface area contributed by atoms with Crippen LogP contribution in [0.25, 0.3) is 5.57 Å². The van der Waals surface area contributed by atoms with Crippen LogP contribution in [0.15, 0.2) is 30.3 Å². The van der Waals surface area contributed by atoms with Crippen molar-refractivity contribution in [2.75, 3.05) is 13.7 Å². The minimum Gasteiger partial charge on any atom is -0.467 e. The highest BCUT2D eigenvalue weighted by Gasteiger charge is 2.33. The Morgan fingerprint density at radius 1 is 1.30 bits per heavy atom. The van der Waals surface area contributed by atoms with Gasteiger partial charge in [-0.25, -0.2) is 4.79 Å². The molecule has 2 unspecified atom stereocenters. The number of rotatable bonds is 9. The van der Waals surface area contributed by atoms with Crippen LogP contribution in [-0.2, 0) is 24.5 Å². The van der Waals surface area contributed by atoms with E-state index >= 15 is 0 Å². The second-order valence-electron chi connectivity index (χ2n) is 7.40. The van der Waals surface area contributed by atoms with E-state index in [1.54, 1.807) is 0 Å². The quantitative estimate of drug-likeness (QED) is 0.510. The highest BCUT2D eigenvalue weighted by Crippen LogP contribution is 2.41. The van der Waals surface area contributed by atoms with Crippen LogP contribution >= 0.6 is 0 Å². The first kappa shape index (κ1) is 20.8. The van der Waals surface area contributed by atoms with E-state index in [4.69, 9.17) is 10.5 Å². The number of allylic oxidation sites excluding steroid dienone is 1. The summed E-state index contributed by atoms with van der Waals surface area (Å²) in [6, 6.07) is 7.26. The number of carbonyl (C=O) groups excluding carboxylic acids is 3. The van der Waals surface area contributed by atoms with Gasteiger partial charge in [0.1, 0.15) is 12.3 Å². The molecule has 2 rings (SSSR count). The van der Waals surface area contributed by atoms with E-state index in [0.29, 0.717) is 12.8 Å². The summed E-state index contributed by atoms with van der Waals surface area (Å²) in [4.78, 5) is 35.4. The van der Waals surface area contributed by atoms with Crippen molar-refractivity contribution in [2.45, 2.75) is 44.6 Å². The lowest BCUT2D eigenvalue weighted by Gasteiger charge is -2.21. The maximum Gasteiger partial charge on any atom is 0.328 e. The van der Waals surface area contributed by atoms with Crippen LogP contribution in [0, 0.1) is 5.92 Å². The molecule has 0 fully saturated rings. The Kier molecular flexibility index (Phi) is 6.91. The van der Waals surface area contributed by atoms with Crippen molar-refractivity contribution >= 4 is 23.7 Å². The van der Waals surface area contributed by atoms with Gasteiger partial charge in [0.15, 0.2) is 0 Å². The second kappa shape index (κ2) is 8.95. The van der Waals surface area contributed by atoms with Gasteiger partial charge in [-0.15, -0.1) is 0 Å². The number of amides is 1. The topological polar surface area (TPSA) is 98.5 Å². The number of aldehydes is 1. The van der Waals surface area contributed by atoms with Crippen molar-refractivity contribution in [1.82, 2.24) is 5.32 Å². The molecule has 0 saturated carbocycles. The summed E-state index contributed by atoms with van der Waals surface area (Å²) in [5, 5.41) is 2.76. The number of hydrogen-bond donors (Lipinski definition) is 2. The highest BCUT2D eigenvalue weighted by molar-refractivity contribution is 5.88. The number of benzene rings is 1. The second-order valence-corrected chi connectivity index (χ2v) is 7.40. The lowest BCUT2D eigenvalue weighted by atomic mass is 9.87. The lowest BCUT2D eigenvalue weighted by molar-refractivity contribution is -0.145. The van der Waals surface area contributed by atoms with E-state index in [0.717, 1.165) is 17.4 Å². The van der Waals surface area contributed by atoms with Gasteiger partial charge in [-0.05, 0) is 23.1 Å². The molecule has 27 heavy (non-hydrogen) atoms. The summed E-state index contributed by atoms with van der Waals surface area (Å²) in [5.41, 5.74) is 8.80. The summed E-state index contributed by atoms with van der Waals surface area (Å²) in [6.45, 7) is 4.36. The van der Waals surface area contributed by atoms with Crippen molar-refractivity contribution < 1.29 is 19.1 Å². The highest BCUT2D eigenvalue weighted by atomic mass is 16.5. The van der Waals surface area contributed by atoms with Crippen molar-refractivity contribution in [3.8, 4) is 0 Å². The van der Waals surface area contributed by atoms with Crippen LogP contribution in [0.3, 0.4) is 0 Å². The van der Waals surface area contributed by atoms with Crippen molar-refractivity contribution in [3.05, 3.63) is 41.5 Å². The molecule has 0 radical (unpaired) electrons. The van der Waals surface area contributed by atoms with Crippen molar-refractivity contribution in [3.63, 3.8) is 0 Å². The first-order chi connectivity index (χ1) is 12.8. The van der Waals surface area contributed by atoms with Gasteiger partial charge in [-0.3, -0.25) is 4.79 Å². The number of carbonyl (C=O) groups is 3. The Hall–Kier alpha value is -2.47. The SMILES string of the molecule is COC(=O)C(CC1=CC(C)(C)c2ccccc21)NC(=O)C(CN)CCC=O. The largest absolute Gasteiger partial charge is 0.467 e. The number of nitrogens with two attached hydrogens (primary N) is 1. The molecule has 0 aliphatic heterocycles. The van der Waals surface area contributed by atoms with Gasteiger partial charge < -0.3 is 20.6 Å². The summed E-state index contributed by atoms with van der Waals surface area (Å²) in [5.74, 6) is -1.35. The van der Waals surface area contributed by atoms with E-state index in [1.165, 1.54) is 12.7 Å². The van der Waals surface area contributed by atoms with E-state index in [9.17, 15) is 14.4 Å². The number of methoxy groups -OCH3 is 1. The maximum absolute atomic E-state index is 12.5. The average molecular weight is 372 g/mol. The fraction of sp³-hybridized carbons (Fsp3) is 0.476. The molecule has 0 spiro atoms. The molecule has 1 aromatic carbocycles. The molecule has 1 aliphatic carbocycles. The fourth-order valence-corrected chi connectivity index (χ4v) is 3.56. The van der Waals surface area contributed by atoms with Gasteiger partial charge in [-0.1, -0.05) is 44.2 Å². The zero-order valence-corrected chi connectivity index (χ0v) is 16.2. The Morgan fingerprint density at radius 2 is 2.00 bits per heavy atom. The number of hydrogen-bond acceptors (Lipinski definition) is 5.